The first-order valence-electron chi connectivity index (χ1n) is 5.41. The number of benzene rings is 1. The summed E-state index contributed by atoms with van der Waals surface area (Å²) >= 11 is 0. The summed E-state index contributed by atoms with van der Waals surface area (Å²) in [7, 11) is 3.94. The van der Waals surface area contributed by atoms with Crippen LogP contribution in [0.1, 0.15) is 11.6 Å². The average molecular weight is 226 g/mol. The van der Waals surface area contributed by atoms with Crippen LogP contribution >= 0.6 is 0 Å². The van der Waals surface area contributed by atoms with Crippen molar-refractivity contribution >= 4 is 0 Å². The monoisotopic (exact) mass is 226 g/mol. The lowest BCUT2D eigenvalue weighted by atomic mass is 10.0. The van der Waals surface area contributed by atoms with Crippen molar-refractivity contribution in [3.05, 3.63) is 35.4 Å². The second-order valence-corrected chi connectivity index (χ2v) is 4.42. The fourth-order valence-corrected chi connectivity index (χ4v) is 2.12. The van der Waals surface area contributed by atoms with Crippen molar-refractivity contribution in [3.8, 4) is 0 Å². The van der Waals surface area contributed by atoms with Crippen molar-refractivity contribution in [1.82, 2.24) is 9.80 Å². The highest BCUT2D eigenvalue weighted by Gasteiger charge is 2.26. The largest absolute Gasteiger partial charge is 0.303 e. The van der Waals surface area contributed by atoms with Gasteiger partial charge in [0.25, 0.3) is 0 Å². The Morgan fingerprint density at radius 1 is 1.19 bits per heavy atom. The van der Waals surface area contributed by atoms with Gasteiger partial charge in [-0.3, -0.25) is 4.90 Å². The fraction of sp³-hybridized carbons (Fsp3) is 0.500. The molecule has 1 saturated heterocycles. The van der Waals surface area contributed by atoms with E-state index in [2.05, 4.69) is 9.80 Å². The molecule has 1 aromatic rings. The van der Waals surface area contributed by atoms with Crippen molar-refractivity contribution in [2.75, 3.05) is 33.7 Å². The van der Waals surface area contributed by atoms with Gasteiger partial charge in [0, 0.05) is 25.2 Å². The Morgan fingerprint density at radius 2 is 1.94 bits per heavy atom. The van der Waals surface area contributed by atoms with E-state index in [4.69, 9.17) is 0 Å². The number of rotatable bonds is 1. The molecule has 1 aromatic carbocycles. The second-order valence-electron chi connectivity index (χ2n) is 4.42. The third-order valence-corrected chi connectivity index (χ3v) is 3.17. The molecule has 2 rings (SSSR count). The predicted octanol–water partition coefficient (Wildman–Crippen LogP) is 1.88. The zero-order valence-corrected chi connectivity index (χ0v) is 9.58. The van der Waals surface area contributed by atoms with Crippen LogP contribution in [-0.4, -0.2) is 43.5 Å². The van der Waals surface area contributed by atoms with Crippen molar-refractivity contribution < 1.29 is 8.78 Å². The van der Waals surface area contributed by atoms with Gasteiger partial charge in [0.2, 0.25) is 0 Å². The maximum absolute atomic E-state index is 13.6. The molecule has 0 aliphatic carbocycles. The molecule has 0 saturated carbocycles. The van der Waals surface area contributed by atoms with Crippen LogP contribution in [-0.2, 0) is 0 Å². The minimum absolute atomic E-state index is 0.0607. The number of nitrogens with zero attached hydrogens (tertiary/aromatic N) is 2. The van der Waals surface area contributed by atoms with Gasteiger partial charge in [-0.2, -0.15) is 0 Å². The van der Waals surface area contributed by atoms with Crippen LogP contribution in [0.3, 0.4) is 0 Å². The van der Waals surface area contributed by atoms with E-state index in [0.717, 1.165) is 25.7 Å². The summed E-state index contributed by atoms with van der Waals surface area (Å²) < 4.78 is 26.8. The van der Waals surface area contributed by atoms with Gasteiger partial charge >= 0.3 is 0 Å². The molecular formula is C12H16F2N2. The Hall–Kier alpha value is -1.00. The number of halogens is 2. The maximum Gasteiger partial charge on any atom is 0.128 e. The number of hydrogen-bond donors (Lipinski definition) is 0. The van der Waals surface area contributed by atoms with E-state index in [0.29, 0.717) is 5.56 Å². The van der Waals surface area contributed by atoms with E-state index in [1.165, 1.54) is 12.1 Å². The van der Waals surface area contributed by atoms with Gasteiger partial charge in [-0.15, -0.1) is 0 Å². The minimum atomic E-state index is -0.377. The molecule has 1 fully saturated rings. The molecule has 1 atom stereocenters. The SMILES string of the molecule is CN1CCN(C)C(c2cc(F)ccc2F)C1. The lowest BCUT2D eigenvalue weighted by Crippen LogP contribution is -2.45. The minimum Gasteiger partial charge on any atom is -0.303 e. The Balaban J connectivity index is 2.30. The van der Waals surface area contributed by atoms with E-state index >= 15 is 0 Å². The molecule has 1 aliphatic heterocycles. The van der Waals surface area contributed by atoms with Gasteiger partial charge in [0.15, 0.2) is 0 Å². The summed E-state index contributed by atoms with van der Waals surface area (Å²) in [6.07, 6.45) is 0. The van der Waals surface area contributed by atoms with Gasteiger partial charge in [0.1, 0.15) is 11.6 Å². The number of likely N-dealkylation sites (N-methyl/N-ethyl adjacent to an activating group) is 2. The first-order valence-corrected chi connectivity index (χ1v) is 5.41. The van der Waals surface area contributed by atoms with Crippen molar-refractivity contribution in [3.63, 3.8) is 0 Å². The van der Waals surface area contributed by atoms with E-state index < -0.39 is 0 Å². The lowest BCUT2D eigenvalue weighted by molar-refractivity contribution is 0.112. The summed E-state index contributed by atoms with van der Waals surface area (Å²) in [6.45, 7) is 2.57. The Morgan fingerprint density at radius 3 is 2.69 bits per heavy atom. The molecule has 1 heterocycles. The third kappa shape index (κ3) is 2.23. The van der Waals surface area contributed by atoms with Gasteiger partial charge in [-0.05, 0) is 32.3 Å². The molecule has 0 radical (unpaired) electrons. The Kier molecular flexibility index (Phi) is 3.21. The molecular weight excluding hydrogens is 210 g/mol. The maximum atomic E-state index is 13.6. The van der Waals surface area contributed by atoms with Crippen LogP contribution in [0.4, 0.5) is 8.78 Å². The molecule has 1 aliphatic rings. The first-order chi connectivity index (χ1) is 7.58. The first kappa shape index (κ1) is 11.5. The molecule has 0 aromatic heterocycles. The van der Waals surface area contributed by atoms with Gasteiger partial charge in [-0.25, -0.2) is 8.78 Å². The molecule has 88 valence electrons. The summed E-state index contributed by atoms with van der Waals surface area (Å²) in [5, 5.41) is 0. The third-order valence-electron chi connectivity index (χ3n) is 3.17. The van der Waals surface area contributed by atoms with Crippen LogP contribution < -0.4 is 0 Å². The smallest absolute Gasteiger partial charge is 0.128 e. The molecule has 16 heavy (non-hydrogen) atoms. The molecule has 4 heteroatoms. The number of piperazine rings is 1. The van der Waals surface area contributed by atoms with Crippen LogP contribution in [0.15, 0.2) is 18.2 Å². The molecule has 0 N–H and O–H groups in total. The van der Waals surface area contributed by atoms with Crippen LogP contribution in [0, 0.1) is 11.6 Å². The average Bonchev–Trinajstić information content (AvgIpc) is 2.25. The second kappa shape index (κ2) is 4.47. The standard InChI is InChI=1S/C12H16F2N2/c1-15-5-6-16(2)12(8-15)10-7-9(13)3-4-11(10)14/h3-4,7,12H,5-6,8H2,1-2H3. The van der Waals surface area contributed by atoms with Gasteiger partial charge in [-0.1, -0.05) is 0 Å². The van der Waals surface area contributed by atoms with Crippen LogP contribution in [0.25, 0.3) is 0 Å². The summed E-state index contributed by atoms with van der Waals surface area (Å²) in [5.74, 6) is -0.702. The Labute approximate surface area is 94.5 Å². The molecule has 1 unspecified atom stereocenters. The van der Waals surface area contributed by atoms with Gasteiger partial charge in [0.05, 0.1) is 6.04 Å². The van der Waals surface area contributed by atoms with Gasteiger partial charge < -0.3 is 4.90 Å². The molecule has 0 amide bonds. The Bertz CT molecular complexity index is 381. The van der Waals surface area contributed by atoms with Crippen molar-refractivity contribution in [2.45, 2.75) is 6.04 Å². The van der Waals surface area contributed by atoms with E-state index in [1.807, 2.05) is 14.1 Å². The van der Waals surface area contributed by atoms with Crippen LogP contribution in [0.5, 0.6) is 0 Å². The lowest BCUT2D eigenvalue weighted by Gasteiger charge is -2.38. The van der Waals surface area contributed by atoms with E-state index in [9.17, 15) is 8.78 Å². The highest BCUT2D eigenvalue weighted by Crippen LogP contribution is 2.26. The normalized spacial score (nSPS) is 23.6. The quantitative estimate of drug-likeness (QED) is 0.721. The summed E-state index contributed by atoms with van der Waals surface area (Å²) in [5.41, 5.74) is 0.453. The van der Waals surface area contributed by atoms with Crippen molar-refractivity contribution in [2.24, 2.45) is 0 Å². The predicted molar refractivity (Wildman–Crippen MR) is 59.2 cm³/mol. The van der Waals surface area contributed by atoms with Crippen molar-refractivity contribution in [1.29, 1.82) is 0 Å². The van der Waals surface area contributed by atoms with Crippen LogP contribution in [0.2, 0.25) is 0 Å². The highest BCUT2D eigenvalue weighted by molar-refractivity contribution is 5.23. The molecule has 0 bridgehead atoms. The molecule has 2 nitrogen and oxygen atoms in total. The van der Waals surface area contributed by atoms with E-state index in [1.54, 1.807) is 0 Å². The summed E-state index contributed by atoms with van der Waals surface area (Å²) in [6, 6.07) is 3.60. The topological polar surface area (TPSA) is 6.48 Å². The zero-order valence-electron chi connectivity index (χ0n) is 9.58. The number of hydrogen-bond acceptors (Lipinski definition) is 2. The fourth-order valence-electron chi connectivity index (χ4n) is 2.12. The zero-order chi connectivity index (χ0) is 11.7. The highest BCUT2D eigenvalue weighted by atomic mass is 19.1. The summed E-state index contributed by atoms with van der Waals surface area (Å²) in [4.78, 5) is 4.20. The molecule has 0 spiro atoms. The van der Waals surface area contributed by atoms with E-state index in [-0.39, 0.29) is 17.7 Å².